The average Bonchev–Trinajstić information content (AvgIpc) is 2.71. The Hall–Kier alpha value is -2.82. The molecule has 1 atom stereocenters. The Balaban J connectivity index is 2.10. The minimum atomic E-state index is -0.593. The van der Waals surface area contributed by atoms with Crippen LogP contribution in [-0.2, 0) is 16.1 Å². The molecule has 156 valence electrons. The van der Waals surface area contributed by atoms with E-state index in [1.54, 1.807) is 11.8 Å². The van der Waals surface area contributed by atoms with Gasteiger partial charge in [0.1, 0.15) is 11.8 Å². The first-order valence-corrected chi connectivity index (χ1v) is 10.1. The fourth-order valence-electron chi connectivity index (χ4n) is 2.85. The second kappa shape index (κ2) is 10.6. The van der Waals surface area contributed by atoms with Gasteiger partial charge in [0.2, 0.25) is 5.91 Å². The number of ether oxygens (including phenoxy) is 1. The van der Waals surface area contributed by atoms with Crippen LogP contribution in [0.25, 0.3) is 0 Å². The minimum Gasteiger partial charge on any atom is -0.484 e. The Labute approximate surface area is 174 Å². The van der Waals surface area contributed by atoms with Gasteiger partial charge in [-0.2, -0.15) is 0 Å². The first kappa shape index (κ1) is 22.5. The molecule has 0 radical (unpaired) electrons. The van der Waals surface area contributed by atoms with Crippen LogP contribution in [0.4, 0.5) is 0 Å². The maximum absolute atomic E-state index is 13.0. The summed E-state index contributed by atoms with van der Waals surface area (Å²) in [5.74, 6) is 0.615. The van der Waals surface area contributed by atoms with Crippen molar-refractivity contribution >= 4 is 11.8 Å². The number of nitrogens with zero attached hydrogens (tertiary/aromatic N) is 1. The molecule has 2 aromatic rings. The smallest absolute Gasteiger partial charge is 0.261 e. The van der Waals surface area contributed by atoms with Gasteiger partial charge in [-0.3, -0.25) is 9.59 Å². The molecule has 1 N–H and O–H groups in total. The molecule has 0 spiro atoms. The second-order valence-corrected chi connectivity index (χ2v) is 7.86. The molecule has 0 heterocycles. The van der Waals surface area contributed by atoms with E-state index in [0.29, 0.717) is 24.8 Å². The third-order valence-corrected chi connectivity index (χ3v) is 4.89. The average molecular weight is 397 g/mol. The number of nitrogens with one attached hydrogen (secondary N) is 1. The highest BCUT2D eigenvalue weighted by molar-refractivity contribution is 5.87. The van der Waals surface area contributed by atoms with Gasteiger partial charge in [0.25, 0.3) is 5.91 Å². The van der Waals surface area contributed by atoms with E-state index in [1.165, 1.54) is 5.56 Å². The van der Waals surface area contributed by atoms with Crippen LogP contribution >= 0.6 is 0 Å². The molecule has 29 heavy (non-hydrogen) atoms. The van der Waals surface area contributed by atoms with Crippen LogP contribution in [0.5, 0.6) is 5.75 Å². The summed E-state index contributed by atoms with van der Waals surface area (Å²) in [5.41, 5.74) is 3.25. The summed E-state index contributed by atoms with van der Waals surface area (Å²) in [4.78, 5) is 27.1. The van der Waals surface area contributed by atoms with Crippen molar-refractivity contribution in [1.29, 1.82) is 0 Å². The van der Waals surface area contributed by atoms with Crippen molar-refractivity contribution in [2.24, 2.45) is 5.92 Å². The summed E-state index contributed by atoms with van der Waals surface area (Å²) in [5, 5.41) is 2.92. The minimum absolute atomic E-state index is 0.114. The lowest BCUT2D eigenvalue weighted by atomic mass is 10.1. The molecule has 0 unspecified atom stereocenters. The standard InChI is InChI=1S/C24H32N2O3/c1-17(2)14-25-24(28)20(5)26(15-21-9-7-6-8-10-21)23(27)16-29-22-12-11-18(3)19(4)13-22/h6-13,17,20H,14-16H2,1-5H3,(H,25,28)/t20-/m0/s1. The van der Waals surface area contributed by atoms with Gasteiger partial charge < -0.3 is 15.0 Å². The van der Waals surface area contributed by atoms with E-state index in [9.17, 15) is 9.59 Å². The van der Waals surface area contributed by atoms with E-state index in [4.69, 9.17) is 4.74 Å². The third-order valence-electron chi connectivity index (χ3n) is 4.89. The molecule has 0 saturated carbocycles. The molecular formula is C24H32N2O3. The molecule has 2 rings (SSSR count). The van der Waals surface area contributed by atoms with E-state index in [1.807, 2.05) is 76.2 Å². The molecule has 0 fully saturated rings. The SMILES string of the molecule is Cc1ccc(OCC(=O)N(Cc2ccccc2)[C@@H](C)C(=O)NCC(C)C)cc1C. The Morgan fingerprint density at radius 3 is 2.31 bits per heavy atom. The zero-order chi connectivity index (χ0) is 21.4. The van der Waals surface area contributed by atoms with Crippen molar-refractivity contribution in [1.82, 2.24) is 10.2 Å². The van der Waals surface area contributed by atoms with Gasteiger partial charge in [-0.05, 0) is 55.5 Å². The van der Waals surface area contributed by atoms with Gasteiger partial charge in [-0.25, -0.2) is 0 Å². The van der Waals surface area contributed by atoms with Gasteiger partial charge in [0.05, 0.1) is 0 Å². The van der Waals surface area contributed by atoms with Gasteiger partial charge in [-0.1, -0.05) is 50.2 Å². The topological polar surface area (TPSA) is 58.6 Å². The van der Waals surface area contributed by atoms with Crippen molar-refractivity contribution in [3.8, 4) is 5.75 Å². The van der Waals surface area contributed by atoms with Crippen molar-refractivity contribution in [2.45, 2.75) is 47.2 Å². The van der Waals surface area contributed by atoms with E-state index >= 15 is 0 Å². The first-order chi connectivity index (χ1) is 13.8. The molecule has 0 aliphatic rings. The maximum Gasteiger partial charge on any atom is 0.261 e. The lowest BCUT2D eigenvalue weighted by Crippen LogP contribution is -2.49. The lowest BCUT2D eigenvalue weighted by Gasteiger charge is -2.29. The summed E-state index contributed by atoms with van der Waals surface area (Å²) in [7, 11) is 0. The monoisotopic (exact) mass is 396 g/mol. The van der Waals surface area contributed by atoms with E-state index in [-0.39, 0.29) is 18.4 Å². The number of hydrogen-bond donors (Lipinski definition) is 1. The molecule has 0 aromatic heterocycles. The molecule has 0 bridgehead atoms. The molecule has 2 aromatic carbocycles. The highest BCUT2D eigenvalue weighted by Crippen LogP contribution is 2.17. The van der Waals surface area contributed by atoms with Crippen LogP contribution in [0.15, 0.2) is 48.5 Å². The van der Waals surface area contributed by atoms with Crippen LogP contribution in [0.2, 0.25) is 0 Å². The fraction of sp³-hybridized carbons (Fsp3) is 0.417. The Morgan fingerprint density at radius 1 is 1.00 bits per heavy atom. The number of carbonyl (C=O) groups excluding carboxylic acids is 2. The van der Waals surface area contributed by atoms with Crippen molar-refractivity contribution in [3.05, 3.63) is 65.2 Å². The zero-order valence-electron chi connectivity index (χ0n) is 18.1. The Bertz CT molecular complexity index is 818. The number of amides is 2. The summed E-state index contributed by atoms with van der Waals surface area (Å²) in [6, 6.07) is 14.8. The van der Waals surface area contributed by atoms with Gasteiger partial charge >= 0.3 is 0 Å². The van der Waals surface area contributed by atoms with Crippen LogP contribution in [0, 0.1) is 19.8 Å². The van der Waals surface area contributed by atoms with E-state index < -0.39 is 6.04 Å². The Morgan fingerprint density at radius 2 is 1.69 bits per heavy atom. The zero-order valence-corrected chi connectivity index (χ0v) is 18.1. The van der Waals surface area contributed by atoms with Crippen LogP contribution in [0.1, 0.15) is 37.5 Å². The normalized spacial score (nSPS) is 11.8. The van der Waals surface area contributed by atoms with Crippen LogP contribution in [0.3, 0.4) is 0 Å². The molecule has 5 heteroatoms. The molecule has 5 nitrogen and oxygen atoms in total. The number of benzene rings is 2. The molecule has 0 saturated heterocycles. The third kappa shape index (κ3) is 6.93. The number of rotatable bonds is 9. The van der Waals surface area contributed by atoms with E-state index in [0.717, 1.165) is 11.1 Å². The number of carbonyl (C=O) groups is 2. The lowest BCUT2D eigenvalue weighted by molar-refractivity contribution is -0.142. The van der Waals surface area contributed by atoms with Gasteiger partial charge in [0, 0.05) is 13.1 Å². The molecular weight excluding hydrogens is 364 g/mol. The Kier molecular flexibility index (Phi) is 8.25. The number of hydrogen-bond acceptors (Lipinski definition) is 3. The highest BCUT2D eigenvalue weighted by atomic mass is 16.5. The van der Waals surface area contributed by atoms with Crippen LogP contribution in [-0.4, -0.2) is 35.9 Å². The van der Waals surface area contributed by atoms with Crippen molar-refractivity contribution in [2.75, 3.05) is 13.2 Å². The summed E-state index contributed by atoms with van der Waals surface area (Å²) >= 11 is 0. The summed E-state index contributed by atoms with van der Waals surface area (Å²) in [6.07, 6.45) is 0. The largest absolute Gasteiger partial charge is 0.484 e. The molecule has 0 aliphatic heterocycles. The van der Waals surface area contributed by atoms with Crippen molar-refractivity contribution in [3.63, 3.8) is 0 Å². The summed E-state index contributed by atoms with van der Waals surface area (Å²) in [6.45, 7) is 10.7. The van der Waals surface area contributed by atoms with Crippen LogP contribution < -0.4 is 10.1 Å². The van der Waals surface area contributed by atoms with E-state index in [2.05, 4.69) is 5.32 Å². The maximum atomic E-state index is 13.0. The van der Waals surface area contributed by atoms with Gasteiger partial charge in [-0.15, -0.1) is 0 Å². The predicted molar refractivity (Wildman–Crippen MR) is 116 cm³/mol. The van der Waals surface area contributed by atoms with Gasteiger partial charge in [0.15, 0.2) is 6.61 Å². The predicted octanol–water partition coefficient (Wildman–Crippen LogP) is 3.87. The first-order valence-electron chi connectivity index (χ1n) is 10.1. The second-order valence-electron chi connectivity index (χ2n) is 7.86. The fourth-order valence-corrected chi connectivity index (χ4v) is 2.85. The highest BCUT2D eigenvalue weighted by Gasteiger charge is 2.26. The molecule has 2 amide bonds. The van der Waals surface area contributed by atoms with Crippen molar-refractivity contribution < 1.29 is 14.3 Å². The number of aryl methyl sites for hydroxylation is 2. The molecule has 0 aliphatic carbocycles. The summed E-state index contributed by atoms with van der Waals surface area (Å²) < 4.78 is 5.73. The quantitative estimate of drug-likeness (QED) is 0.700.